The lowest BCUT2D eigenvalue weighted by Crippen LogP contribution is -2.11. The third kappa shape index (κ3) is 1.54. The van der Waals surface area contributed by atoms with E-state index in [1.807, 2.05) is 11.6 Å². The fraction of sp³-hybridized carbons (Fsp3) is 0.333. The van der Waals surface area contributed by atoms with Crippen LogP contribution in [0.4, 0.5) is 0 Å². The molecule has 0 aliphatic rings. The first kappa shape index (κ1) is 10.5. The molecule has 0 amide bonds. The minimum atomic E-state index is -0.700. The zero-order chi connectivity index (χ0) is 11.0. The maximum Gasteiger partial charge on any atom is 0.144 e. The first-order valence-corrected chi connectivity index (χ1v) is 5.28. The highest BCUT2D eigenvalue weighted by Crippen LogP contribution is 2.31. The highest BCUT2D eigenvalue weighted by Gasteiger charge is 2.19. The Labute approximate surface area is 95.1 Å². The number of aliphatic hydroxyl groups excluding tert-OH is 1. The number of nitrogens with zero attached hydrogens (tertiary/aromatic N) is 3. The second-order valence-electron chi connectivity index (χ2n) is 3.28. The number of aromatic nitrogens is 3. The molecule has 2 rings (SSSR count). The first-order valence-electron chi connectivity index (χ1n) is 4.48. The van der Waals surface area contributed by atoms with Gasteiger partial charge in [-0.1, -0.05) is 0 Å². The van der Waals surface area contributed by atoms with Crippen molar-refractivity contribution in [2.75, 3.05) is 6.54 Å². The Bertz CT molecular complexity index is 496. The molecule has 0 saturated carbocycles. The van der Waals surface area contributed by atoms with Crippen molar-refractivity contribution < 1.29 is 5.11 Å². The lowest BCUT2D eigenvalue weighted by molar-refractivity contribution is 0.187. The first-order chi connectivity index (χ1) is 7.16. The Morgan fingerprint density at radius 3 is 3.07 bits per heavy atom. The van der Waals surface area contributed by atoms with Crippen LogP contribution in [0.25, 0.3) is 11.0 Å². The smallest absolute Gasteiger partial charge is 0.144 e. The van der Waals surface area contributed by atoms with Gasteiger partial charge in [0.2, 0.25) is 0 Å². The Hall–Kier alpha value is -0.980. The van der Waals surface area contributed by atoms with Crippen LogP contribution in [-0.2, 0) is 7.05 Å². The zero-order valence-corrected chi connectivity index (χ0v) is 9.77. The Morgan fingerprint density at radius 2 is 2.40 bits per heavy atom. The SMILES string of the molecule is Cn1c(Br)c(C(O)CN)c2cncnc21. The number of halogens is 1. The van der Waals surface area contributed by atoms with E-state index in [0.717, 1.165) is 21.2 Å². The number of aryl methyl sites for hydroxylation is 1. The molecule has 0 fully saturated rings. The minimum Gasteiger partial charge on any atom is -0.387 e. The monoisotopic (exact) mass is 270 g/mol. The van der Waals surface area contributed by atoms with E-state index in [9.17, 15) is 5.11 Å². The zero-order valence-electron chi connectivity index (χ0n) is 8.18. The molecule has 5 nitrogen and oxygen atoms in total. The molecule has 6 heteroatoms. The third-order valence-electron chi connectivity index (χ3n) is 2.37. The van der Waals surface area contributed by atoms with Crippen LogP contribution in [0.3, 0.4) is 0 Å². The van der Waals surface area contributed by atoms with Crippen molar-refractivity contribution in [3.63, 3.8) is 0 Å². The number of hydrogen-bond acceptors (Lipinski definition) is 4. The normalized spacial score (nSPS) is 13.3. The lowest BCUT2D eigenvalue weighted by Gasteiger charge is -2.06. The highest BCUT2D eigenvalue weighted by atomic mass is 79.9. The summed E-state index contributed by atoms with van der Waals surface area (Å²) in [6.07, 6.45) is 2.46. The molecule has 2 aromatic rings. The topological polar surface area (TPSA) is 77.0 Å². The van der Waals surface area contributed by atoms with Gasteiger partial charge in [-0.2, -0.15) is 0 Å². The molecule has 0 radical (unpaired) electrons. The second kappa shape index (κ2) is 3.88. The van der Waals surface area contributed by atoms with Crippen LogP contribution in [0, 0.1) is 0 Å². The van der Waals surface area contributed by atoms with Crippen molar-refractivity contribution in [3.8, 4) is 0 Å². The number of rotatable bonds is 2. The van der Waals surface area contributed by atoms with Crippen LogP contribution in [0.15, 0.2) is 17.1 Å². The predicted molar refractivity (Wildman–Crippen MR) is 60.2 cm³/mol. The van der Waals surface area contributed by atoms with Crippen molar-refractivity contribution in [1.29, 1.82) is 0 Å². The van der Waals surface area contributed by atoms with Crippen molar-refractivity contribution >= 4 is 27.0 Å². The van der Waals surface area contributed by atoms with E-state index in [1.54, 1.807) is 6.20 Å². The van der Waals surface area contributed by atoms with Gasteiger partial charge in [-0.3, -0.25) is 0 Å². The maximum atomic E-state index is 9.80. The van der Waals surface area contributed by atoms with Gasteiger partial charge in [-0.15, -0.1) is 0 Å². The molecule has 15 heavy (non-hydrogen) atoms. The van der Waals surface area contributed by atoms with E-state index in [4.69, 9.17) is 5.73 Å². The van der Waals surface area contributed by atoms with E-state index in [-0.39, 0.29) is 6.54 Å². The highest BCUT2D eigenvalue weighted by molar-refractivity contribution is 9.10. The molecule has 1 atom stereocenters. The summed E-state index contributed by atoms with van der Waals surface area (Å²) in [4.78, 5) is 8.10. The van der Waals surface area contributed by atoms with Gasteiger partial charge in [0.05, 0.1) is 10.7 Å². The van der Waals surface area contributed by atoms with Crippen LogP contribution >= 0.6 is 15.9 Å². The van der Waals surface area contributed by atoms with E-state index in [1.165, 1.54) is 6.33 Å². The molecule has 0 aromatic carbocycles. The van der Waals surface area contributed by atoms with Crippen molar-refractivity contribution in [1.82, 2.24) is 14.5 Å². The largest absolute Gasteiger partial charge is 0.387 e. The average Bonchev–Trinajstić information content (AvgIpc) is 2.52. The number of hydrogen-bond donors (Lipinski definition) is 2. The summed E-state index contributed by atoms with van der Waals surface area (Å²) < 4.78 is 2.64. The van der Waals surface area contributed by atoms with Crippen LogP contribution in [-0.4, -0.2) is 26.2 Å². The maximum absolute atomic E-state index is 9.80. The lowest BCUT2D eigenvalue weighted by atomic mass is 10.1. The molecule has 0 aliphatic carbocycles. The standard InChI is InChI=1S/C9H11BrN4O/c1-14-8(10)7(6(15)2-11)5-3-12-4-13-9(5)14/h3-4,6,15H,2,11H2,1H3. The van der Waals surface area contributed by atoms with Crippen molar-refractivity contribution in [2.24, 2.45) is 12.8 Å². The predicted octanol–water partition coefficient (Wildman–Crippen LogP) is 0.723. The summed E-state index contributed by atoms with van der Waals surface area (Å²) in [5.41, 5.74) is 6.98. The van der Waals surface area contributed by atoms with Gasteiger partial charge < -0.3 is 15.4 Å². The van der Waals surface area contributed by atoms with E-state index < -0.39 is 6.10 Å². The summed E-state index contributed by atoms with van der Waals surface area (Å²) in [5.74, 6) is 0. The second-order valence-corrected chi connectivity index (χ2v) is 4.03. The Balaban J connectivity index is 2.77. The average molecular weight is 271 g/mol. The molecule has 0 spiro atoms. The summed E-state index contributed by atoms with van der Waals surface area (Å²) in [6.45, 7) is 0.173. The molecule has 0 aliphatic heterocycles. The third-order valence-corrected chi connectivity index (χ3v) is 3.33. The number of nitrogens with two attached hydrogens (primary N) is 1. The van der Waals surface area contributed by atoms with Gasteiger partial charge in [-0.25, -0.2) is 9.97 Å². The molecular formula is C9H11BrN4O. The molecule has 2 aromatic heterocycles. The molecule has 80 valence electrons. The van der Waals surface area contributed by atoms with E-state index in [0.29, 0.717) is 0 Å². The van der Waals surface area contributed by atoms with Gasteiger partial charge in [-0.05, 0) is 15.9 Å². The fourth-order valence-electron chi connectivity index (χ4n) is 1.60. The van der Waals surface area contributed by atoms with Crippen molar-refractivity contribution in [3.05, 3.63) is 22.7 Å². The van der Waals surface area contributed by atoms with Gasteiger partial charge in [0, 0.05) is 30.7 Å². The van der Waals surface area contributed by atoms with Gasteiger partial charge in [0.1, 0.15) is 12.0 Å². The molecule has 1 unspecified atom stereocenters. The van der Waals surface area contributed by atoms with Gasteiger partial charge >= 0.3 is 0 Å². The Kier molecular flexibility index (Phi) is 2.72. The van der Waals surface area contributed by atoms with Gasteiger partial charge in [0.15, 0.2) is 0 Å². The fourth-order valence-corrected chi connectivity index (χ4v) is 2.25. The van der Waals surface area contributed by atoms with Gasteiger partial charge in [0.25, 0.3) is 0 Å². The van der Waals surface area contributed by atoms with E-state index >= 15 is 0 Å². The summed E-state index contributed by atoms with van der Waals surface area (Å²) in [6, 6.07) is 0. The number of aliphatic hydroxyl groups is 1. The summed E-state index contributed by atoms with van der Waals surface area (Å²) in [7, 11) is 1.87. The van der Waals surface area contributed by atoms with Crippen LogP contribution in [0.5, 0.6) is 0 Å². The Morgan fingerprint density at radius 1 is 1.67 bits per heavy atom. The molecule has 3 N–H and O–H groups in total. The van der Waals surface area contributed by atoms with Crippen LogP contribution in [0.1, 0.15) is 11.7 Å². The molecule has 0 bridgehead atoms. The molecule has 2 heterocycles. The van der Waals surface area contributed by atoms with Crippen LogP contribution < -0.4 is 5.73 Å². The summed E-state index contributed by atoms with van der Waals surface area (Å²) in [5, 5.41) is 10.6. The quantitative estimate of drug-likeness (QED) is 0.843. The van der Waals surface area contributed by atoms with Crippen molar-refractivity contribution in [2.45, 2.75) is 6.10 Å². The molecule has 0 saturated heterocycles. The molecular weight excluding hydrogens is 260 g/mol. The van der Waals surface area contributed by atoms with Crippen LogP contribution in [0.2, 0.25) is 0 Å². The van der Waals surface area contributed by atoms with E-state index in [2.05, 4.69) is 25.9 Å². The number of fused-ring (bicyclic) bond motifs is 1. The minimum absolute atomic E-state index is 0.173. The summed E-state index contributed by atoms with van der Waals surface area (Å²) >= 11 is 3.41.